The highest BCUT2D eigenvalue weighted by atomic mass is 79.9. The fraction of sp³-hybridized carbons (Fsp3) is 0.538. The van der Waals surface area contributed by atoms with E-state index in [1.54, 1.807) is 12.1 Å². The van der Waals surface area contributed by atoms with E-state index >= 15 is 0 Å². The third kappa shape index (κ3) is 3.67. The van der Waals surface area contributed by atoms with Crippen LogP contribution in [0.4, 0.5) is 11.4 Å². The van der Waals surface area contributed by atoms with Crippen molar-refractivity contribution in [1.29, 1.82) is 0 Å². The molecule has 0 radical (unpaired) electrons. The molecule has 1 aliphatic carbocycles. The van der Waals surface area contributed by atoms with Gasteiger partial charge in [-0.05, 0) is 25.0 Å². The molecule has 0 saturated heterocycles. The first kappa shape index (κ1) is 14.3. The van der Waals surface area contributed by atoms with Crippen LogP contribution in [0.1, 0.15) is 32.1 Å². The lowest BCUT2D eigenvalue weighted by atomic mass is 10.1. The largest absolute Gasteiger partial charge is 0.391 e. The average molecular weight is 329 g/mol. The summed E-state index contributed by atoms with van der Waals surface area (Å²) in [4.78, 5) is 10.6. The van der Waals surface area contributed by atoms with Crippen LogP contribution in [-0.4, -0.2) is 22.2 Å². The molecule has 1 saturated carbocycles. The molecule has 1 aromatic rings. The van der Waals surface area contributed by atoms with Crippen LogP contribution in [0, 0.1) is 10.1 Å². The van der Waals surface area contributed by atoms with Gasteiger partial charge in [0.2, 0.25) is 0 Å². The first-order valence-electron chi connectivity index (χ1n) is 6.46. The Morgan fingerprint density at radius 1 is 1.32 bits per heavy atom. The van der Waals surface area contributed by atoms with Crippen molar-refractivity contribution in [3.8, 4) is 0 Å². The van der Waals surface area contributed by atoms with Crippen LogP contribution in [0.3, 0.4) is 0 Å². The zero-order chi connectivity index (χ0) is 13.8. The van der Waals surface area contributed by atoms with Gasteiger partial charge < -0.3 is 10.4 Å². The van der Waals surface area contributed by atoms with Gasteiger partial charge in [0.05, 0.1) is 17.1 Å². The van der Waals surface area contributed by atoms with Gasteiger partial charge in [-0.25, -0.2) is 0 Å². The first-order chi connectivity index (χ1) is 9.08. The normalized spacial score (nSPS) is 23.7. The van der Waals surface area contributed by atoms with Gasteiger partial charge in [0.1, 0.15) is 5.69 Å². The maximum absolute atomic E-state index is 11.0. The zero-order valence-corrected chi connectivity index (χ0v) is 12.1. The standard InChI is InChI=1S/C13H17BrN2O3/c14-9-6-7-12(16(18)19)11(8-9)15-10-4-2-1-3-5-13(10)17/h6-8,10,13,15,17H,1-5H2. The Balaban J connectivity index is 2.21. The number of aliphatic hydroxyl groups excluding tert-OH is 1. The number of nitrogens with zero attached hydrogens (tertiary/aromatic N) is 1. The topological polar surface area (TPSA) is 75.4 Å². The molecule has 1 fully saturated rings. The molecule has 0 aliphatic heterocycles. The predicted molar refractivity (Wildman–Crippen MR) is 77.3 cm³/mol. The van der Waals surface area contributed by atoms with Crippen molar-refractivity contribution < 1.29 is 10.0 Å². The van der Waals surface area contributed by atoms with E-state index in [9.17, 15) is 15.2 Å². The minimum Gasteiger partial charge on any atom is -0.391 e. The van der Waals surface area contributed by atoms with E-state index in [-0.39, 0.29) is 11.7 Å². The molecule has 2 atom stereocenters. The van der Waals surface area contributed by atoms with E-state index in [0.717, 1.165) is 36.6 Å². The molecule has 0 heterocycles. The summed E-state index contributed by atoms with van der Waals surface area (Å²) in [7, 11) is 0. The highest BCUT2D eigenvalue weighted by Gasteiger charge is 2.24. The molecular formula is C13H17BrN2O3. The van der Waals surface area contributed by atoms with Gasteiger partial charge in [-0.3, -0.25) is 10.1 Å². The van der Waals surface area contributed by atoms with E-state index < -0.39 is 11.0 Å². The summed E-state index contributed by atoms with van der Waals surface area (Å²) in [6, 6.07) is 4.69. The Bertz CT molecular complexity index is 467. The molecule has 1 aliphatic rings. The summed E-state index contributed by atoms with van der Waals surface area (Å²) in [5.41, 5.74) is 0.505. The van der Waals surface area contributed by atoms with Crippen LogP contribution in [0.2, 0.25) is 0 Å². The molecule has 1 aromatic carbocycles. The maximum atomic E-state index is 11.0. The van der Waals surface area contributed by atoms with Crippen molar-refractivity contribution in [3.05, 3.63) is 32.8 Å². The fourth-order valence-corrected chi connectivity index (χ4v) is 2.80. The highest BCUT2D eigenvalue weighted by molar-refractivity contribution is 9.10. The van der Waals surface area contributed by atoms with Gasteiger partial charge in [0.15, 0.2) is 0 Å². The molecule has 104 valence electrons. The predicted octanol–water partition coefficient (Wildman–Crippen LogP) is 3.46. The molecule has 6 heteroatoms. The molecule has 2 N–H and O–H groups in total. The van der Waals surface area contributed by atoms with Crippen molar-refractivity contribution in [2.45, 2.75) is 44.2 Å². The lowest BCUT2D eigenvalue weighted by molar-refractivity contribution is -0.384. The summed E-state index contributed by atoms with van der Waals surface area (Å²) >= 11 is 3.32. The van der Waals surface area contributed by atoms with Crippen LogP contribution in [-0.2, 0) is 0 Å². The van der Waals surface area contributed by atoms with Crippen LogP contribution >= 0.6 is 15.9 Å². The van der Waals surface area contributed by atoms with Gasteiger partial charge >= 0.3 is 0 Å². The minimum absolute atomic E-state index is 0.0413. The van der Waals surface area contributed by atoms with E-state index in [0.29, 0.717) is 5.69 Å². The van der Waals surface area contributed by atoms with Crippen molar-refractivity contribution in [2.24, 2.45) is 0 Å². The van der Waals surface area contributed by atoms with Crippen molar-refractivity contribution >= 4 is 27.3 Å². The number of nitro groups is 1. The maximum Gasteiger partial charge on any atom is 0.292 e. The van der Waals surface area contributed by atoms with Crippen LogP contribution in [0.25, 0.3) is 0 Å². The number of rotatable bonds is 3. The van der Waals surface area contributed by atoms with Crippen molar-refractivity contribution in [2.75, 3.05) is 5.32 Å². The molecule has 0 aromatic heterocycles. The fourth-order valence-electron chi connectivity index (χ4n) is 2.44. The molecule has 19 heavy (non-hydrogen) atoms. The Morgan fingerprint density at radius 3 is 2.79 bits per heavy atom. The lowest BCUT2D eigenvalue weighted by Gasteiger charge is -2.22. The zero-order valence-electron chi connectivity index (χ0n) is 10.5. The minimum atomic E-state index is -0.443. The molecule has 2 rings (SSSR count). The second kappa shape index (κ2) is 6.34. The number of hydrogen-bond donors (Lipinski definition) is 2. The SMILES string of the molecule is O=[N+]([O-])c1ccc(Br)cc1NC1CCCCCC1O. The highest BCUT2D eigenvalue weighted by Crippen LogP contribution is 2.30. The van der Waals surface area contributed by atoms with Crippen LogP contribution in [0.15, 0.2) is 22.7 Å². The molecule has 5 nitrogen and oxygen atoms in total. The van der Waals surface area contributed by atoms with Gasteiger partial charge in [-0.1, -0.05) is 35.2 Å². The quantitative estimate of drug-likeness (QED) is 0.506. The van der Waals surface area contributed by atoms with Gasteiger partial charge in [0, 0.05) is 10.5 Å². The van der Waals surface area contributed by atoms with Gasteiger partial charge in [-0.15, -0.1) is 0 Å². The number of benzene rings is 1. The van der Waals surface area contributed by atoms with Crippen molar-refractivity contribution in [3.63, 3.8) is 0 Å². The summed E-state index contributed by atoms with van der Waals surface area (Å²) in [5, 5.41) is 24.2. The summed E-state index contributed by atoms with van der Waals surface area (Å²) in [6.07, 6.45) is 4.30. The average Bonchev–Trinajstić information content (AvgIpc) is 2.55. The third-order valence-corrected chi connectivity index (χ3v) is 3.97. The summed E-state index contributed by atoms with van der Waals surface area (Å²) < 4.78 is 0.781. The van der Waals surface area contributed by atoms with Crippen molar-refractivity contribution in [1.82, 2.24) is 0 Å². The van der Waals surface area contributed by atoms with Crippen LogP contribution in [0.5, 0.6) is 0 Å². The summed E-state index contributed by atoms with van der Waals surface area (Å²) in [6.45, 7) is 0. The second-order valence-electron chi connectivity index (χ2n) is 4.87. The molecule has 2 unspecified atom stereocenters. The summed E-state index contributed by atoms with van der Waals surface area (Å²) in [5.74, 6) is 0. The first-order valence-corrected chi connectivity index (χ1v) is 7.26. The lowest BCUT2D eigenvalue weighted by Crippen LogP contribution is -2.32. The van der Waals surface area contributed by atoms with Crippen LogP contribution < -0.4 is 5.32 Å². The van der Waals surface area contributed by atoms with E-state index in [1.807, 2.05) is 0 Å². The Hall–Kier alpha value is -1.14. The number of anilines is 1. The Morgan fingerprint density at radius 2 is 2.05 bits per heavy atom. The Labute approximate surface area is 120 Å². The molecule has 0 bridgehead atoms. The molecular weight excluding hydrogens is 312 g/mol. The van der Waals surface area contributed by atoms with Gasteiger partial charge in [0.25, 0.3) is 5.69 Å². The monoisotopic (exact) mass is 328 g/mol. The molecule has 0 spiro atoms. The smallest absolute Gasteiger partial charge is 0.292 e. The van der Waals surface area contributed by atoms with Gasteiger partial charge in [-0.2, -0.15) is 0 Å². The third-order valence-electron chi connectivity index (χ3n) is 3.48. The second-order valence-corrected chi connectivity index (χ2v) is 5.79. The van der Waals surface area contributed by atoms with E-state index in [1.165, 1.54) is 6.07 Å². The number of nitrogens with one attached hydrogen (secondary N) is 1. The van der Waals surface area contributed by atoms with E-state index in [4.69, 9.17) is 0 Å². The number of hydrogen-bond acceptors (Lipinski definition) is 4. The number of halogens is 1. The Kier molecular flexibility index (Phi) is 4.76. The van der Waals surface area contributed by atoms with E-state index in [2.05, 4.69) is 21.2 Å². The number of aliphatic hydroxyl groups is 1. The molecule has 0 amide bonds. The number of nitro benzene ring substituents is 1.